The lowest BCUT2D eigenvalue weighted by molar-refractivity contribution is 0.700. The first kappa shape index (κ1) is 28.8. The molecule has 2 aromatic carbocycles. The van der Waals surface area contributed by atoms with E-state index in [-0.39, 0.29) is 24.2 Å². The van der Waals surface area contributed by atoms with Gasteiger partial charge >= 0.3 is 0 Å². The number of nitrogens with zero attached hydrogens (tertiary/aromatic N) is 4. The molecule has 0 fully saturated rings. The summed E-state index contributed by atoms with van der Waals surface area (Å²) < 4.78 is 0. The molecule has 0 radical (unpaired) electrons. The molecule has 4 heteroatoms. The van der Waals surface area contributed by atoms with Crippen molar-refractivity contribution in [2.75, 3.05) is 19.6 Å². The molecule has 0 saturated heterocycles. The fourth-order valence-electron chi connectivity index (χ4n) is 8.75. The van der Waals surface area contributed by atoms with Gasteiger partial charge in [0.25, 0.3) is 0 Å². The molecule has 0 bridgehead atoms. The largest absolute Gasteiger partial charge is 0.312 e. The van der Waals surface area contributed by atoms with Crippen LogP contribution in [0.2, 0.25) is 0 Å². The van der Waals surface area contributed by atoms with E-state index in [1.807, 2.05) is 0 Å². The molecular weight excluding hydrogens is 560 g/mol. The highest BCUT2D eigenvalue weighted by Gasteiger charge is 2.51. The summed E-state index contributed by atoms with van der Waals surface area (Å²) in [5, 5.41) is 0. The second kappa shape index (κ2) is 10.4. The van der Waals surface area contributed by atoms with Crippen LogP contribution in [-0.4, -0.2) is 24.2 Å². The summed E-state index contributed by atoms with van der Waals surface area (Å²) >= 11 is 0. The van der Waals surface area contributed by atoms with Gasteiger partial charge < -0.3 is 19.6 Å². The van der Waals surface area contributed by atoms with Crippen LogP contribution in [0.5, 0.6) is 0 Å². The molecule has 2 heterocycles. The van der Waals surface area contributed by atoms with Gasteiger partial charge in [-0.2, -0.15) is 0 Å². The van der Waals surface area contributed by atoms with E-state index in [1.54, 1.807) is 0 Å². The van der Waals surface area contributed by atoms with E-state index in [2.05, 4.69) is 172 Å². The summed E-state index contributed by atoms with van der Waals surface area (Å²) in [6, 6.07) is 18.7. The van der Waals surface area contributed by atoms with Gasteiger partial charge in [-0.25, -0.2) is 0 Å². The summed E-state index contributed by atoms with van der Waals surface area (Å²) in [5.41, 5.74) is 16.0. The van der Waals surface area contributed by atoms with E-state index in [0.29, 0.717) is 0 Å². The topological polar surface area (TPSA) is 13.0 Å². The standard InChI is InChI=1S/C42H44N4/c1-25-17-18-26(2)37(25)43-33-13-9-10-14-34(33)44(38-27(3)19-20-28(38)4)41(43)42-45(39-29(5)21-22-30(39)6)35-15-11-12-16-36(35)46(42)40-31(7)23-24-32(40)8/h9-24,37-40H,1-8H3. The molecular formula is C42H44N4. The zero-order valence-electron chi connectivity index (χ0n) is 28.3. The van der Waals surface area contributed by atoms with Gasteiger partial charge in [-0.1, -0.05) is 72.9 Å². The molecule has 4 aliphatic carbocycles. The number of hydrogen-bond donors (Lipinski definition) is 0. The smallest absolute Gasteiger partial charge is 0.157 e. The maximum atomic E-state index is 2.67. The van der Waals surface area contributed by atoms with E-state index in [0.717, 1.165) is 0 Å². The first-order valence-electron chi connectivity index (χ1n) is 16.7. The second-order valence-electron chi connectivity index (χ2n) is 14.0. The van der Waals surface area contributed by atoms with Crippen molar-refractivity contribution in [2.24, 2.45) is 0 Å². The monoisotopic (exact) mass is 604 g/mol. The minimum absolute atomic E-state index is 0.129. The third kappa shape index (κ3) is 3.92. The highest BCUT2D eigenvalue weighted by atomic mass is 15.5. The summed E-state index contributed by atoms with van der Waals surface area (Å²) in [4.78, 5) is 10.7. The molecule has 0 N–H and O–H groups in total. The molecule has 0 aromatic heterocycles. The van der Waals surface area contributed by atoms with Gasteiger partial charge in [-0.15, -0.1) is 0 Å². The summed E-state index contributed by atoms with van der Waals surface area (Å²) in [6.45, 7) is 18.4. The van der Waals surface area contributed by atoms with E-state index < -0.39 is 0 Å². The Bertz CT molecular complexity index is 1620. The number of fused-ring (bicyclic) bond motifs is 2. The minimum atomic E-state index is 0.129. The molecule has 0 amide bonds. The van der Waals surface area contributed by atoms with Crippen LogP contribution in [0.1, 0.15) is 55.4 Å². The molecule has 46 heavy (non-hydrogen) atoms. The van der Waals surface area contributed by atoms with Crippen molar-refractivity contribution in [2.45, 2.75) is 79.6 Å². The van der Waals surface area contributed by atoms with Crippen LogP contribution in [-0.2, 0) is 0 Å². The van der Waals surface area contributed by atoms with Crippen LogP contribution >= 0.6 is 0 Å². The van der Waals surface area contributed by atoms with Crippen LogP contribution in [0.4, 0.5) is 22.7 Å². The van der Waals surface area contributed by atoms with E-state index in [9.17, 15) is 0 Å². The predicted molar refractivity (Wildman–Crippen MR) is 195 cm³/mol. The number of benzene rings is 2. The molecule has 2 aromatic rings. The van der Waals surface area contributed by atoms with Crippen molar-refractivity contribution in [3.05, 3.63) is 153 Å². The van der Waals surface area contributed by atoms with Gasteiger partial charge in [0, 0.05) is 0 Å². The average molecular weight is 605 g/mol. The lowest BCUT2D eigenvalue weighted by Crippen LogP contribution is -2.50. The summed E-state index contributed by atoms with van der Waals surface area (Å²) in [7, 11) is 0. The first-order chi connectivity index (χ1) is 22.2. The van der Waals surface area contributed by atoms with Crippen molar-refractivity contribution >= 4 is 22.7 Å². The fraction of sp³-hybridized carbons (Fsp3) is 0.286. The Hall–Kier alpha value is -4.70. The van der Waals surface area contributed by atoms with Gasteiger partial charge in [0.15, 0.2) is 11.6 Å². The molecule has 6 aliphatic rings. The Balaban J connectivity index is 1.52. The van der Waals surface area contributed by atoms with Gasteiger partial charge in [0.2, 0.25) is 0 Å². The zero-order chi connectivity index (χ0) is 32.0. The zero-order valence-corrected chi connectivity index (χ0v) is 28.3. The minimum Gasteiger partial charge on any atom is -0.312 e. The number of allylic oxidation sites excluding steroid dienone is 8. The SMILES string of the molecule is CC1=CC=C(C)C1N1C(=C2N(C3C(C)=CC=C3C)c3ccccc3N2C2C(C)=CC=C2C)N(C2C(C)=CC=C2C)c2ccccc21. The molecule has 2 aliphatic heterocycles. The number of hydrogen-bond acceptors (Lipinski definition) is 4. The normalized spacial score (nSPS) is 21.9. The summed E-state index contributed by atoms with van der Waals surface area (Å²) in [5.74, 6) is 2.49. The van der Waals surface area contributed by atoms with E-state index in [4.69, 9.17) is 0 Å². The maximum absolute atomic E-state index is 2.67. The molecule has 0 unspecified atom stereocenters. The van der Waals surface area contributed by atoms with Crippen LogP contribution in [0, 0.1) is 0 Å². The van der Waals surface area contributed by atoms with E-state index >= 15 is 0 Å². The van der Waals surface area contributed by atoms with Gasteiger partial charge in [-0.05, 0) is 124 Å². The number of anilines is 4. The fourth-order valence-corrected chi connectivity index (χ4v) is 8.75. The third-order valence-electron chi connectivity index (χ3n) is 10.8. The lowest BCUT2D eigenvalue weighted by Gasteiger charge is -2.42. The molecule has 0 atom stereocenters. The number of para-hydroxylation sites is 4. The van der Waals surface area contributed by atoms with Crippen LogP contribution in [0.15, 0.2) is 153 Å². The van der Waals surface area contributed by atoms with E-state index in [1.165, 1.54) is 79.0 Å². The Morgan fingerprint density at radius 3 is 0.652 bits per heavy atom. The Kier molecular flexibility index (Phi) is 6.51. The van der Waals surface area contributed by atoms with Gasteiger partial charge in [-0.3, -0.25) is 0 Å². The highest BCUT2D eigenvalue weighted by molar-refractivity contribution is 5.93. The Labute approximate surface area is 274 Å². The quantitative estimate of drug-likeness (QED) is 0.344. The Morgan fingerprint density at radius 1 is 0.304 bits per heavy atom. The first-order valence-corrected chi connectivity index (χ1v) is 16.7. The van der Waals surface area contributed by atoms with Crippen molar-refractivity contribution in [3.63, 3.8) is 0 Å². The van der Waals surface area contributed by atoms with Crippen molar-refractivity contribution in [3.8, 4) is 0 Å². The highest BCUT2D eigenvalue weighted by Crippen LogP contribution is 2.56. The maximum Gasteiger partial charge on any atom is 0.157 e. The van der Waals surface area contributed by atoms with Crippen molar-refractivity contribution in [1.29, 1.82) is 0 Å². The molecule has 232 valence electrons. The van der Waals surface area contributed by atoms with Crippen LogP contribution < -0.4 is 19.6 Å². The second-order valence-corrected chi connectivity index (χ2v) is 14.0. The van der Waals surface area contributed by atoms with Gasteiger partial charge in [0.1, 0.15) is 0 Å². The number of rotatable bonds is 4. The summed E-state index contributed by atoms with van der Waals surface area (Å²) in [6.07, 6.45) is 18.5. The molecule has 0 saturated carbocycles. The lowest BCUT2D eigenvalue weighted by atomic mass is 10.0. The predicted octanol–water partition coefficient (Wildman–Crippen LogP) is 9.87. The Morgan fingerprint density at radius 2 is 0.478 bits per heavy atom. The molecule has 4 nitrogen and oxygen atoms in total. The molecule has 0 spiro atoms. The van der Waals surface area contributed by atoms with Crippen molar-refractivity contribution in [1.82, 2.24) is 0 Å². The third-order valence-corrected chi connectivity index (χ3v) is 10.8. The van der Waals surface area contributed by atoms with Crippen LogP contribution in [0.25, 0.3) is 0 Å². The van der Waals surface area contributed by atoms with Crippen LogP contribution in [0.3, 0.4) is 0 Å². The van der Waals surface area contributed by atoms with Gasteiger partial charge in [0.05, 0.1) is 46.9 Å². The molecule has 8 rings (SSSR count). The van der Waals surface area contributed by atoms with Crippen molar-refractivity contribution < 1.29 is 0 Å². The average Bonchev–Trinajstić information content (AvgIpc) is 3.87.